The average molecular weight is 415 g/mol. The molecule has 0 unspecified atom stereocenters. The first-order valence-corrected chi connectivity index (χ1v) is 10.9. The third kappa shape index (κ3) is 5.32. The number of hydrogen-bond acceptors (Lipinski definition) is 3. The van der Waals surface area contributed by atoms with Crippen molar-refractivity contribution in [2.75, 3.05) is 26.2 Å². The summed E-state index contributed by atoms with van der Waals surface area (Å²) in [5, 5.41) is 3.04. The van der Waals surface area contributed by atoms with Crippen LogP contribution in [0.1, 0.15) is 28.8 Å². The van der Waals surface area contributed by atoms with E-state index in [4.69, 9.17) is 5.73 Å². The molecule has 2 atom stereocenters. The van der Waals surface area contributed by atoms with E-state index in [1.54, 1.807) is 0 Å². The standard InChI is InChI=1S/C26H30N4O/c27-24(22-12-6-2-7-13-22)25(23-14-8-3-9-15-23)29-16-18-30(19-17-29)26(31)28-20-21-10-4-1-5-11-21/h1-15,24-25H,16-20,27H2,(H,28,31)/t24-,25+/m0/s1. The Bertz CT molecular complexity index is 941. The quantitative estimate of drug-likeness (QED) is 0.642. The van der Waals surface area contributed by atoms with Gasteiger partial charge in [-0.2, -0.15) is 0 Å². The Kier molecular flexibility index (Phi) is 6.97. The summed E-state index contributed by atoms with van der Waals surface area (Å²) in [6.45, 7) is 3.50. The maximum Gasteiger partial charge on any atom is 0.317 e. The number of nitrogens with one attached hydrogen (secondary N) is 1. The Hall–Kier alpha value is -3.15. The van der Waals surface area contributed by atoms with Crippen LogP contribution >= 0.6 is 0 Å². The molecule has 160 valence electrons. The van der Waals surface area contributed by atoms with Crippen molar-refractivity contribution in [1.29, 1.82) is 0 Å². The van der Waals surface area contributed by atoms with E-state index in [9.17, 15) is 4.79 Å². The minimum Gasteiger partial charge on any atom is -0.334 e. The summed E-state index contributed by atoms with van der Waals surface area (Å²) in [4.78, 5) is 17.0. The second-order valence-corrected chi connectivity index (χ2v) is 7.96. The highest BCUT2D eigenvalue weighted by atomic mass is 16.2. The van der Waals surface area contributed by atoms with Gasteiger partial charge >= 0.3 is 6.03 Å². The van der Waals surface area contributed by atoms with Crippen molar-refractivity contribution in [3.8, 4) is 0 Å². The number of nitrogens with two attached hydrogens (primary N) is 1. The lowest BCUT2D eigenvalue weighted by atomic mass is 9.92. The van der Waals surface area contributed by atoms with Crippen LogP contribution in [0.3, 0.4) is 0 Å². The topological polar surface area (TPSA) is 61.6 Å². The normalized spacial score (nSPS) is 16.5. The van der Waals surface area contributed by atoms with Gasteiger partial charge in [0.05, 0.1) is 6.04 Å². The molecule has 3 aromatic rings. The molecule has 1 heterocycles. The molecule has 3 N–H and O–H groups in total. The zero-order valence-electron chi connectivity index (χ0n) is 17.7. The summed E-state index contributed by atoms with van der Waals surface area (Å²) in [5.41, 5.74) is 10.2. The van der Waals surface area contributed by atoms with E-state index in [2.05, 4.69) is 46.6 Å². The van der Waals surface area contributed by atoms with Crippen LogP contribution in [0.5, 0.6) is 0 Å². The summed E-state index contributed by atoms with van der Waals surface area (Å²) in [5.74, 6) is 0. The molecule has 3 aromatic carbocycles. The highest BCUT2D eigenvalue weighted by molar-refractivity contribution is 5.74. The number of benzene rings is 3. The highest BCUT2D eigenvalue weighted by Gasteiger charge is 2.31. The maximum absolute atomic E-state index is 12.6. The largest absolute Gasteiger partial charge is 0.334 e. The fourth-order valence-electron chi connectivity index (χ4n) is 4.24. The molecule has 31 heavy (non-hydrogen) atoms. The van der Waals surface area contributed by atoms with Crippen molar-refractivity contribution in [3.63, 3.8) is 0 Å². The van der Waals surface area contributed by atoms with Crippen LogP contribution in [-0.2, 0) is 6.54 Å². The molecule has 5 nitrogen and oxygen atoms in total. The highest BCUT2D eigenvalue weighted by Crippen LogP contribution is 2.33. The Labute approximate surface area is 184 Å². The summed E-state index contributed by atoms with van der Waals surface area (Å²) < 4.78 is 0. The van der Waals surface area contributed by atoms with Crippen LogP contribution in [0.25, 0.3) is 0 Å². The van der Waals surface area contributed by atoms with Crippen LogP contribution in [0.2, 0.25) is 0 Å². The number of rotatable bonds is 6. The third-order valence-corrected chi connectivity index (χ3v) is 5.95. The van der Waals surface area contributed by atoms with E-state index in [0.29, 0.717) is 19.6 Å². The molecule has 4 rings (SSSR count). The molecule has 1 aliphatic rings. The second-order valence-electron chi connectivity index (χ2n) is 7.96. The van der Waals surface area contributed by atoms with Gasteiger partial charge in [-0.15, -0.1) is 0 Å². The van der Waals surface area contributed by atoms with E-state index >= 15 is 0 Å². The number of amides is 2. The minimum atomic E-state index is -0.137. The van der Waals surface area contributed by atoms with Crippen molar-refractivity contribution in [2.45, 2.75) is 18.6 Å². The van der Waals surface area contributed by atoms with E-state index in [0.717, 1.165) is 24.2 Å². The molecule has 0 radical (unpaired) electrons. The number of nitrogens with zero attached hydrogens (tertiary/aromatic N) is 2. The van der Waals surface area contributed by atoms with E-state index < -0.39 is 0 Å². The molecule has 1 fully saturated rings. The lowest BCUT2D eigenvalue weighted by Gasteiger charge is -2.41. The van der Waals surface area contributed by atoms with Gasteiger partial charge in [0.1, 0.15) is 0 Å². The number of urea groups is 1. The number of hydrogen-bond donors (Lipinski definition) is 2. The molecule has 0 saturated carbocycles. The average Bonchev–Trinajstić information content (AvgIpc) is 2.85. The van der Waals surface area contributed by atoms with Crippen molar-refractivity contribution >= 4 is 6.03 Å². The van der Waals surface area contributed by atoms with Gasteiger partial charge in [0.2, 0.25) is 0 Å². The summed E-state index contributed by atoms with van der Waals surface area (Å²) >= 11 is 0. The molecule has 0 aliphatic carbocycles. The SMILES string of the molecule is N[C@@H](c1ccccc1)[C@@H](c1ccccc1)N1CCN(C(=O)NCc2ccccc2)CC1. The van der Waals surface area contributed by atoms with Crippen LogP contribution in [0.4, 0.5) is 4.79 Å². The predicted octanol–water partition coefficient (Wildman–Crippen LogP) is 3.96. The maximum atomic E-state index is 12.6. The van der Waals surface area contributed by atoms with Gasteiger partial charge in [0, 0.05) is 38.8 Å². The minimum absolute atomic E-state index is 0.00729. The first-order chi connectivity index (χ1) is 15.2. The van der Waals surface area contributed by atoms with E-state index in [1.165, 1.54) is 5.56 Å². The summed E-state index contributed by atoms with van der Waals surface area (Å²) in [7, 11) is 0. The zero-order valence-corrected chi connectivity index (χ0v) is 17.7. The monoisotopic (exact) mass is 414 g/mol. The lowest BCUT2D eigenvalue weighted by Crippen LogP contribution is -2.53. The van der Waals surface area contributed by atoms with Crippen molar-refractivity contribution in [1.82, 2.24) is 15.1 Å². The van der Waals surface area contributed by atoms with Crippen LogP contribution < -0.4 is 11.1 Å². The van der Waals surface area contributed by atoms with E-state index in [-0.39, 0.29) is 18.1 Å². The van der Waals surface area contributed by atoms with Gasteiger partial charge in [0.15, 0.2) is 0 Å². The van der Waals surface area contributed by atoms with Gasteiger partial charge in [-0.05, 0) is 16.7 Å². The Balaban J connectivity index is 1.41. The van der Waals surface area contributed by atoms with Gasteiger partial charge in [-0.25, -0.2) is 4.79 Å². The van der Waals surface area contributed by atoms with Crippen LogP contribution in [0, 0.1) is 0 Å². The van der Waals surface area contributed by atoms with Crippen LogP contribution in [-0.4, -0.2) is 42.0 Å². The zero-order chi connectivity index (χ0) is 21.5. The summed E-state index contributed by atoms with van der Waals surface area (Å²) in [6.07, 6.45) is 0. The first-order valence-electron chi connectivity index (χ1n) is 10.9. The second kappa shape index (κ2) is 10.2. The van der Waals surface area contributed by atoms with Crippen molar-refractivity contribution < 1.29 is 4.79 Å². The number of carbonyl (C=O) groups is 1. The smallest absolute Gasteiger partial charge is 0.317 e. The molecular formula is C26H30N4O. The third-order valence-electron chi connectivity index (χ3n) is 5.95. The number of carbonyl (C=O) groups excluding carboxylic acids is 1. The van der Waals surface area contributed by atoms with Crippen molar-refractivity contribution in [3.05, 3.63) is 108 Å². The predicted molar refractivity (Wildman–Crippen MR) is 124 cm³/mol. The van der Waals surface area contributed by atoms with Gasteiger partial charge in [0.25, 0.3) is 0 Å². The first kappa shape index (κ1) is 21.1. The van der Waals surface area contributed by atoms with Gasteiger partial charge < -0.3 is 16.0 Å². The molecule has 0 aromatic heterocycles. The van der Waals surface area contributed by atoms with Gasteiger partial charge in [-0.1, -0.05) is 91.0 Å². The molecular weight excluding hydrogens is 384 g/mol. The molecule has 1 aliphatic heterocycles. The van der Waals surface area contributed by atoms with Crippen molar-refractivity contribution in [2.24, 2.45) is 5.73 Å². The molecule has 1 saturated heterocycles. The molecule has 0 spiro atoms. The molecule has 2 amide bonds. The van der Waals surface area contributed by atoms with Crippen LogP contribution in [0.15, 0.2) is 91.0 Å². The Morgan fingerprint density at radius 2 is 1.29 bits per heavy atom. The molecule has 0 bridgehead atoms. The Morgan fingerprint density at radius 3 is 1.87 bits per heavy atom. The fourth-order valence-corrected chi connectivity index (χ4v) is 4.24. The fraction of sp³-hybridized carbons (Fsp3) is 0.269. The van der Waals surface area contributed by atoms with Gasteiger partial charge in [-0.3, -0.25) is 4.90 Å². The lowest BCUT2D eigenvalue weighted by molar-refractivity contribution is 0.0961. The van der Waals surface area contributed by atoms with E-state index in [1.807, 2.05) is 59.5 Å². The number of piperazine rings is 1. The Morgan fingerprint density at radius 1 is 0.774 bits per heavy atom. The summed E-state index contributed by atoms with van der Waals surface area (Å²) in [6, 6.07) is 30.6. The molecule has 5 heteroatoms.